The van der Waals surface area contributed by atoms with E-state index in [4.69, 9.17) is 0 Å². The number of nitrogens with zero attached hydrogens (tertiary/aromatic N) is 3. The second kappa shape index (κ2) is 7.27. The van der Waals surface area contributed by atoms with Gasteiger partial charge in [-0.05, 0) is 17.7 Å². The topological polar surface area (TPSA) is 79.3 Å². The smallest absolute Gasteiger partial charge is 0.254 e. The highest BCUT2D eigenvalue weighted by molar-refractivity contribution is 5.96. The summed E-state index contributed by atoms with van der Waals surface area (Å²) >= 11 is 0. The number of rotatable bonds is 4. The van der Waals surface area contributed by atoms with Gasteiger partial charge in [0.2, 0.25) is 5.91 Å². The van der Waals surface area contributed by atoms with Crippen LogP contribution in [0.1, 0.15) is 15.9 Å². The fourth-order valence-electron chi connectivity index (χ4n) is 2.89. The van der Waals surface area contributed by atoms with Crippen molar-refractivity contribution < 1.29 is 9.59 Å². The Morgan fingerprint density at radius 2 is 2.17 bits per heavy atom. The lowest BCUT2D eigenvalue weighted by Gasteiger charge is -2.33. The zero-order valence-corrected chi connectivity index (χ0v) is 13.6. The Morgan fingerprint density at radius 3 is 2.92 bits per heavy atom. The van der Waals surface area contributed by atoms with Crippen molar-refractivity contribution in [3.05, 3.63) is 53.9 Å². The van der Waals surface area contributed by atoms with Gasteiger partial charge in [0.15, 0.2) is 0 Å². The minimum absolute atomic E-state index is 0.0480. The van der Waals surface area contributed by atoms with Crippen LogP contribution in [-0.4, -0.2) is 59.2 Å². The van der Waals surface area contributed by atoms with E-state index in [-0.39, 0.29) is 17.9 Å². The van der Waals surface area contributed by atoms with Gasteiger partial charge in [-0.25, -0.2) is 0 Å². The fraction of sp³-hybridized carbons (Fsp3) is 0.353. The molecule has 126 valence electrons. The molecule has 7 heteroatoms. The van der Waals surface area contributed by atoms with Gasteiger partial charge in [-0.1, -0.05) is 18.2 Å². The number of aromatic nitrogens is 2. The van der Waals surface area contributed by atoms with Crippen LogP contribution in [0.4, 0.5) is 0 Å². The summed E-state index contributed by atoms with van der Waals surface area (Å²) in [7, 11) is 1.60. The molecule has 0 bridgehead atoms. The minimum atomic E-state index is -0.369. The van der Waals surface area contributed by atoms with Crippen LogP contribution in [0, 0.1) is 0 Å². The van der Waals surface area contributed by atoms with E-state index in [2.05, 4.69) is 15.7 Å². The van der Waals surface area contributed by atoms with E-state index in [1.54, 1.807) is 22.8 Å². The maximum Gasteiger partial charge on any atom is 0.254 e. The molecule has 3 rings (SSSR count). The highest BCUT2D eigenvalue weighted by Crippen LogP contribution is 2.15. The molecule has 1 aromatic heterocycles. The third kappa shape index (κ3) is 3.46. The lowest BCUT2D eigenvalue weighted by atomic mass is 10.0. The third-order valence-electron chi connectivity index (χ3n) is 4.16. The van der Waals surface area contributed by atoms with Crippen molar-refractivity contribution >= 4 is 11.8 Å². The van der Waals surface area contributed by atoms with Crippen molar-refractivity contribution in [2.24, 2.45) is 0 Å². The average molecular weight is 327 g/mol. The molecule has 1 aliphatic rings. The summed E-state index contributed by atoms with van der Waals surface area (Å²) in [4.78, 5) is 26.5. The molecule has 1 aromatic carbocycles. The summed E-state index contributed by atoms with van der Waals surface area (Å²) in [6.07, 6.45) is 3.59. The second-order valence-electron chi connectivity index (χ2n) is 5.73. The number of piperazine rings is 1. The minimum Gasteiger partial charge on any atom is -0.358 e. The van der Waals surface area contributed by atoms with Gasteiger partial charge in [0.1, 0.15) is 6.04 Å². The molecule has 24 heavy (non-hydrogen) atoms. The van der Waals surface area contributed by atoms with Crippen LogP contribution in [0.15, 0.2) is 42.7 Å². The monoisotopic (exact) mass is 327 g/mol. The second-order valence-corrected chi connectivity index (χ2v) is 5.73. The van der Waals surface area contributed by atoms with Crippen LogP contribution in [-0.2, 0) is 11.3 Å². The number of hydrogen-bond donors (Lipinski definition) is 2. The Labute approximate surface area is 140 Å². The van der Waals surface area contributed by atoms with Crippen LogP contribution in [0.3, 0.4) is 0 Å². The number of likely N-dealkylation sites (N-methyl/N-ethyl adjacent to an activating group) is 1. The van der Waals surface area contributed by atoms with Gasteiger partial charge < -0.3 is 15.5 Å². The van der Waals surface area contributed by atoms with E-state index in [9.17, 15) is 9.59 Å². The molecule has 2 N–H and O–H groups in total. The normalized spacial score (nSPS) is 17.5. The van der Waals surface area contributed by atoms with Gasteiger partial charge in [0.25, 0.3) is 5.91 Å². The molecular weight excluding hydrogens is 306 g/mol. The molecule has 2 amide bonds. The van der Waals surface area contributed by atoms with Crippen LogP contribution in [0.2, 0.25) is 0 Å². The summed E-state index contributed by atoms with van der Waals surface area (Å²) < 4.78 is 1.79. The van der Waals surface area contributed by atoms with Gasteiger partial charge >= 0.3 is 0 Å². The van der Waals surface area contributed by atoms with Gasteiger partial charge in [0, 0.05) is 44.6 Å². The molecule has 0 aliphatic carbocycles. The first-order valence-corrected chi connectivity index (χ1v) is 7.98. The number of benzene rings is 1. The quantitative estimate of drug-likeness (QED) is 0.834. The molecule has 2 aromatic rings. The Bertz CT molecular complexity index is 714. The number of carbonyl (C=O) groups is 2. The molecule has 1 atom stereocenters. The number of hydrogen-bond acceptors (Lipinski definition) is 4. The molecular formula is C17H21N5O2. The summed E-state index contributed by atoms with van der Waals surface area (Å²) in [5.41, 5.74) is 1.58. The molecule has 1 saturated heterocycles. The van der Waals surface area contributed by atoms with E-state index in [0.717, 1.165) is 5.56 Å². The predicted octanol–water partition coefficient (Wildman–Crippen LogP) is 0.0914. The standard InChI is InChI=1S/C17H21N5O2/c1-18-16(23)15-12-21(10-8-19-15)17(24)14-6-3-2-5-13(14)11-22-9-4-7-20-22/h2-7,9,15,19H,8,10-12H2,1H3,(H,18,23)/t15-/m0/s1. The first kappa shape index (κ1) is 16.2. The Morgan fingerprint density at radius 1 is 1.33 bits per heavy atom. The molecule has 1 fully saturated rings. The zero-order chi connectivity index (χ0) is 16.9. The maximum absolute atomic E-state index is 12.9. The van der Waals surface area contributed by atoms with E-state index >= 15 is 0 Å². The van der Waals surface area contributed by atoms with Crippen molar-refractivity contribution in [3.63, 3.8) is 0 Å². The van der Waals surface area contributed by atoms with Crippen LogP contribution in [0.25, 0.3) is 0 Å². The molecule has 7 nitrogen and oxygen atoms in total. The highest BCUT2D eigenvalue weighted by Gasteiger charge is 2.28. The lowest BCUT2D eigenvalue weighted by Crippen LogP contribution is -2.58. The van der Waals surface area contributed by atoms with E-state index in [1.165, 1.54) is 0 Å². The van der Waals surface area contributed by atoms with Crippen molar-refractivity contribution in [3.8, 4) is 0 Å². The Hall–Kier alpha value is -2.67. The summed E-state index contributed by atoms with van der Waals surface area (Å²) in [5, 5.41) is 9.96. The third-order valence-corrected chi connectivity index (χ3v) is 4.16. The predicted molar refractivity (Wildman–Crippen MR) is 89.5 cm³/mol. The Balaban J connectivity index is 1.78. The Kier molecular flexibility index (Phi) is 4.90. The SMILES string of the molecule is CNC(=O)[C@@H]1CN(C(=O)c2ccccc2Cn2cccn2)CCN1. The van der Waals surface area contributed by atoms with Crippen LogP contribution in [0.5, 0.6) is 0 Å². The maximum atomic E-state index is 12.9. The van der Waals surface area contributed by atoms with Gasteiger partial charge in [-0.2, -0.15) is 5.10 Å². The number of nitrogens with one attached hydrogen (secondary N) is 2. The van der Waals surface area contributed by atoms with E-state index < -0.39 is 0 Å². The van der Waals surface area contributed by atoms with Gasteiger partial charge in [0.05, 0.1) is 6.54 Å². The summed E-state index contributed by atoms with van der Waals surface area (Å²) in [6.45, 7) is 2.10. The summed E-state index contributed by atoms with van der Waals surface area (Å²) in [6, 6.07) is 9.03. The van der Waals surface area contributed by atoms with E-state index in [0.29, 0.717) is 31.7 Å². The van der Waals surface area contributed by atoms with Crippen molar-refractivity contribution in [2.45, 2.75) is 12.6 Å². The zero-order valence-electron chi connectivity index (χ0n) is 13.6. The molecule has 0 radical (unpaired) electrons. The number of carbonyl (C=O) groups excluding carboxylic acids is 2. The molecule has 0 unspecified atom stereocenters. The average Bonchev–Trinajstić information content (AvgIpc) is 3.14. The molecule has 0 saturated carbocycles. The fourth-order valence-corrected chi connectivity index (χ4v) is 2.89. The lowest BCUT2D eigenvalue weighted by molar-refractivity contribution is -0.123. The molecule has 2 heterocycles. The van der Waals surface area contributed by atoms with Gasteiger partial charge in [-0.3, -0.25) is 14.3 Å². The van der Waals surface area contributed by atoms with Crippen molar-refractivity contribution in [2.75, 3.05) is 26.7 Å². The van der Waals surface area contributed by atoms with E-state index in [1.807, 2.05) is 36.5 Å². The molecule has 0 spiro atoms. The van der Waals surface area contributed by atoms with Crippen LogP contribution >= 0.6 is 0 Å². The summed E-state index contributed by atoms with van der Waals surface area (Å²) in [5.74, 6) is -0.148. The number of amides is 2. The highest BCUT2D eigenvalue weighted by atomic mass is 16.2. The van der Waals surface area contributed by atoms with Crippen molar-refractivity contribution in [1.82, 2.24) is 25.3 Å². The van der Waals surface area contributed by atoms with Gasteiger partial charge in [-0.15, -0.1) is 0 Å². The van der Waals surface area contributed by atoms with Crippen molar-refractivity contribution in [1.29, 1.82) is 0 Å². The largest absolute Gasteiger partial charge is 0.358 e. The first-order valence-electron chi connectivity index (χ1n) is 7.98. The first-order chi connectivity index (χ1) is 11.7. The van der Waals surface area contributed by atoms with Crippen LogP contribution < -0.4 is 10.6 Å². The molecule has 1 aliphatic heterocycles.